The second kappa shape index (κ2) is 6.00. The highest BCUT2D eigenvalue weighted by molar-refractivity contribution is 6.00. The molecule has 1 saturated heterocycles. The molecule has 0 bridgehead atoms. The van der Waals surface area contributed by atoms with Gasteiger partial charge in [-0.05, 0) is 58.1 Å². The third-order valence-electron chi connectivity index (χ3n) is 5.09. The normalized spacial score (nSPS) is 20.0. The molecule has 1 amide bonds. The number of amides is 1. The molecule has 3 rings (SSSR count). The highest BCUT2D eigenvalue weighted by Gasteiger charge is 2.33. The van der Waals surface area contributed by atoms with E-state index in [9.17, 15) is 4.79 Å². The fourth-order valence-electron chi connectivity index (χ4n) is 3.77. The number of fused-ring (bicyclic) bond motifs is 1. The van der Waals surface area contributed by atoms with Crippen LogP contribution in [-0.4, -0.2) is 29.4 Å². The number of likely N-dealkylation sites (tertiary alicyclic amines) is 1. The number of nitrogens with two attached hydrogens (primary N) is 1. The number of piperidine rings is 1. The van der Waals surface area contributed by atoms with Gasteiger partial charge >= 0.3 is 0 Å². The molecule has 124 valence electrons. The second-order valence-corrected chi connectivity index (χ2v) is 6.88. The van der Waals surface area contributed by atoms with Crippen LogP contribution in [0.5, 0.6) is 0 Å². The van der Waals surface area contributed by atoms with Crippen molar-refractivity contribution in [3.8, 4) is 0 Å². The van der Waals surface area contributed by atoms with Crippen molar-refractivity contribution in [1.29, 1.82) is 0 Å². The molecule has 1 fully saturated rings. The number of aryl methyl sites for hydroxylation is 3. The van der Waals surface area contributed by atoms with E-state index in [2.05, 4.69) is 13.0 Å². The van der Waals surface area contributed by atoms with Crippen molar-refractivity contribution in [2.75, 3.05) is 6.54 Å². The third-order valence-corrected chi connectivity index (χ3v) is 5.09. The Hall–Kier alpha value is -1.81. The first-order valence-electron chi connectivity index (χ1n) is 8.47. The molecule has 1 aromatic heterocycles. The summed E-state index contributed by atoms with van der Waals surface area (Å²) in [6.45, 7) is 8.81. The molecule has 0 saturated carbocycles. The smallest absolute Gasteiger partial charge is 0.290 e. The van der Waals surface area contributed by atoms with Gasteiger partial charge in [0.2, 0.25) is 0 Å². The number of carbonyl (C=O) groups is 1. The highest BCUT2D eigenvalue weighted by Crippen LogP contribution is 2.32. The molecule has 2 atom stereocenters. The fourth-order valence-corrected chi connectivity index (χ4v) is 3.77. The third kappa shape index (κ3) is 2.65. The maximum Gasteiger partial charge on any atom is 0.290 e. The molecule has 2 unspecified atom stereocenters. The van der Waals surface area contributed by atoms with Crippen molar-refractivity contribution >= 4 is 16.9 Å². The Labute approximate surface area is 137 Å². The summed E-state index contributed by atoms with van der Waals surface area (Å²) in [5.74, 6) is 0.462. The molecule has 4 nitrogen and oxygen atoms in total. The lowest BCUT2D eigenvalue weighted by Crippen LogP contribution is -2.51. The summed E-state index contributed by atoms with van der Waals surface area (Å²) in [6.07, 6.45) is 3.14. The first kappa shape index (κ1) is 16.1. The van der Waals surface area contributed by atoms with Crippen LogP contribution in [0.15, 0.2) is 16.5 Å². The molecule has 2 aromatic rings. The molecule has 1 aliphatic rings. The topological polar surface area (TPSA) is 59.5 Å². The van der Waals surface area contributed by atoms with Crippen molar-refractivity contribution in [2.45, 2.75) is 59.0 Å². The quantitative estimate of drug-likeness (QED) is 0.919. The van der Waals surface area contributed by atoms with Crippen molar-refractivity contribution in [2.24, 2.45) is 5.73 Å². The maximum absolute atomic E-state index is 13.1. The van der Waals surface area contributed by atoms with Gasteiger partial charge in [-0.1, -0.05) is 12.1 Å². The average Bonchev–Trinajstić information content (AvgIpc) is 2.89. The van der Waals surface area contributed by atoms with Crippen molar-refractivity contribution in [1.82, 2.24) is 4.90 Å². The molecule has 1 aromatic carbocycles. The SMILES string of the molecule is Cc1ccc(C)c2c(C)c(C(=O)N3CCCCC3C(C)N)oc12. The monoisotopic (exact) mass is 314 g/mol. The minimum absolute atomic E-state index is 0.0144. The number of rotatable bonds is 2. The van der Waals surface area contributed by atoms with E-state index in [0.717, 1.165) is 53.5 Å². The molecule has 4 heteroatoms. The predicted octanol–water partition coefficient (Wildman–Crippen LogP) is 3.70. The van der Waals surface area contributed by atoms with Crippen molar-refractivity contribution in [3.63, 3.8) is 0 Å². The number of furan rings is 1. The van der Waals surface area contributed by atoms with Crippen LogP contribution in [0.1, 0.15) is 53.4 Å². The Morgan fingerprint density at radius 1 is 1.26 bits per heavy atom. The summed E-state index contributed by atoms with van der Waals surface area (Å²) in [5.41, 5.74) is 10.1. The Balaban J connectivity index is 2.06. The Morgan fingerprint density at radius 3 is 2.61 bits per heavy atom. The van der Waals surface area contributed by atoms with Crippen LogP contribution in [0, 0.1) is 20.8 Å². The minimum Gasteiger partial charge on any atom is -0.450 e. The summed E-state index contributed by atoms with van der Waals surface area (Å²) in [7, 11) is 0. The number of hydrogen-bond acceptors (Lipinski definition) is 3. The van der Waals surface area contributed by atoms with Gasteiger partial charge in [-0.25, -0.2) is 0 Å². The number of nitrogens with zero attached hydrogens (tertiary/aromatic N) is 1. The first-order chi connectivity index (χ1) is 10.9. The van der Waals surface area contributed by atoms with Gasteiger partial charge in [0.15, 0.2) is 5.76 Å². The first-order valence-corrected chi connectivity index (χ1v) is 8.47. The summed E-state index contributed by atoms with van der Waals surface area (Å²) < 4.78 is 6.02. The average molecular weight is 314 g/mol. The zero-order chi connectivity index (χ0) is 16.7. The van der Waals surface area contributed by atoms with Crippen molar-refractivity contribution in [3.05, 3.63) is 34.6 Å². The van der Waals surface area contributed by atoms with Crippen LogP contribution in [0.3, 0.4) is 0 Å². The van der Waals surface area contributed by atoms with Gasteiger partial charge in [-0.2, -0.15) is 0 Å². The molecule has 2 heterocycles. The summed E-state index contributed by atoms with van der Waals surface area (Å²) >= 11 is 0. The predicted molar refractivity (Wildman–Crippen MR) is 92.7 cm³/mol. The molecular weight excluding hydrogens is 288 g/mol. The zero-order valence-corrected chi connectivity index (χ0v) is 14.5. The second-order valence-electron chi connectivity index (χ2n) is 6.88. The lowest BCUT2D eigenvalue weighted by atomic mass is 9.96. The van der Waals surface area contributed by atoms with Crippen LogP contribution in [0.25, 0.3) is 11.0 Å². The Kier molecular flexibility index (Phi) is 4.19. The zero-order valence-electron chi connectivity index (χ0n) is 14.5. The molecule has 0 radical (unpaired) electrons. The van der Waals surface area contributed by atoms with Crippen LogP contribution in [0.4, 0.5) is 0 Å². The van der Waals surface area contributed by atoms with Gasteiger partial charge in [0, 0.05) is 29.6 Å². The van der Waals surface area contributed by atoms with E-state index in [-0.39, 0.29) is 18.0 Å². The van der Waals surface area contributed by atoms with Gasteiger partial charge in [-0.15, -0.1) is 0 Å². The Morgan fingerprint density at radius 2 is 1.96 bits per heavy atom. The largest absolute Gasteiger partial charge is 0.450 e. The van der Waals surface area contributed by atoms with E-state index in [4.69, 9.17) is 10.2 Å². The summed E-state index contributed by atoms with van der Waals surface area (Å²) in [5, 5.41) is 1.07. The fraction of sp³-hybridized carbons (Fsp3) is 0.526. The Bertz CT molecular complexity index is 745. The molecule has 0 spiro atoms. The maximum atomic E-state index is 13.1. The van der Waals surface area contributed by atoms with E-state index in [1.54, 1.807) is 0 Å². The highest BCUT2D eigenvalue weighted by atomic mass is 16.3. The summed E-state index contributed by atoms with van der Waals surface area (Å²) in [6, 6.07) is 4.21. The van der Waals surface area contributed by atoms with Crippen LogP contribution < -0.4 is 5.73 Å². The molecule has 1 aliphatic heterocycles. The number of carbonyl (C=O) groups excluding carboxylic acids is 1. The van der Waals surface area contributed by atoms with E-state index in [1.165, 1.54) is 0 Å². The van der Waals surface area contributed by atoms with Gasteiger partial charge in [-0.3, -0.25) is 4.79 Å². The molecule has 23 heavy (non-hydrogen) atoms. The van der Waals surface area contributed by atoms with E-state index < -0.39 is 0 Å². The van der Waals surface area contributed by atoms with Gasteiger partial charge in [0.05, 0.1) is 0 Å². The van der Waals surface area contributed by atoms with Gasteiger partial charge < -0.3 is 15.1 Å². The van der Waals surface area contributed by atoms with Crippen LogP contribution >= 0.6 is 0 Å². The molecular formula is C19H26N2O2. The van der Waals surface area contributed by atoms with Gasteiger partial charge in [0.1, 0.15) is 5.58 Å². The lowest BCUT2D eigenvalue weighted by Gasteiger charge is -2.37. The molecule has 0 aliphatic carbocycles. The van der Waals surface area contributed by atoms with Crippen molar-refractivity contribution < 1.29 is 9.21 Å². The minimum atomic E-state index is -0.0209. The van der Waals surface area contributed by atoms with Crippen LogP contribution in [0.2, 0.25) is 0 Å². The number of benzene rings is 1. The number of hydrogen-bond donors (Lipinski definition) is 1. The van der Waals surface area contributed by atoms with Crippen LogP contribution in [-0.2, 0) is 0 Å². The lowest BCUT2D eigenvalue weighted by molar-refractivity contribution is 0.0553. The van der Waals surface area contributed by atoms with Gasteiger partial charge in [0.25, 0.3) is 5.91 Å². The standard InChI is InChI=1S/C19H26N2O2/c1-11-8-9-12(2)17-16(11)13(3)18(23-17)19(22)21-10-6-5-7-15(21)14(4)20/h8-9,14-15H,5-7,10,20H2,1-4H3. The van der Waals surface area contributed by atoms with E-state index in [1.807, 2.05) is 31.7 Å². The molecule has 2 N–H and O–H groups in total. The van der Waals surface area contributed by atoms with E-state index in [0.29, 0.717) is 5.76 Å². The summed E-state index contributed by atoms with van der Waals surface area (Å²) in [4.78, 5) is 15.0. The van der Waals surface area contributed by atoms with E-state index >= 15 is 0 Å².